The number of nitriles is 1. The lowest BCUT2D eigenvalue weighted by atomic mass is 9.95. The van der Waals surface area contributed by atoms with Crippen molar-refractivity contribution in [1.82, 2.24) is 5.32 Å². The minimum absolute atomic E-state index is 0.225. The lowest BCUT2D eigenvalue weighted by Crippen LogP contribution is -2.51. The summed E-state index contributed by atoms with van der Waals surface area (Å²) >= 11 is 0. The van der Waals surface area contributed by atoms with Crippen LogP contribution in [0.15, 0.2) is 0 Å². The van der Waals surface area contributed by atoms with Crippen LogP contribution in [-0.2, 0) is 4.74 Å². The highest BCUT2D eigenvalue weighted by Crippen LogP contribution is 2.41. The predicted molar refractivity (Wildman–Crippen MR) is 67.5 cm³/mol. The van der Waals surface area contributed by atoms with E-state index >= 15 is 0 Å². The molecule has 96 valence electrons. The maximum absolute atomic E-state index is 9.52. The molecule has 0 spiro atoms. The molecule has 0 aromatic rings. The molecular weight excluding hydrogens is 212 g/mol. The van der Waals surface area contributed by atoms with Crippen LogP contribution in [0.4, 0.5) is 0 Å². The van der Waals surface area contributed by atoms with E-state index in [2.05, 4.69) is 32.2 Å². The second kappa shape index (κ2) is 4.96. The second-order valence-electron chi connectivity index (χ2n) is 6.04. The first-order valence-corrected chi connectivity index (χ1v) is 6.88. The van der Waals surface area contributed by atoms with Crippen LogP contribution in [0.1, 0.15) is 46.5 Å². The maximum Gasteiger partial charge on any atom is 0.133 e. The van der Waals surface area contributed by atoms with E-state index in [-0.39, 0.29) is 6.10 Å². The van der Waals surface area contributed by atoms with Crippen LogP contribution in [0.2, 0.25) is 0 Å². The van der Waals surface area contributed by atoms with Gasteiger partial charge >= 0.3 is 0 Å². The molecule has 2 saturated carbocycles. The molecule has 1 N–H and O–H groups in total. The third kappa shape index (κ3) is 3.20. The van der Waals surface area contributed by atoms with Crippen molar-refractivity contribution >= 4 is 0 Å². The highest BCUT2D eigenvalue weighted by Gasteiger charge is 2.48. The first-order chi connectivity index (χ1) is 8.07. The molecule has 0 aromatic carbocycles. The van der Waals surface area contributed by atoms with Gasteiger partial charge in [0, 0.05) is 6.04 Å². The van der Waals surface area contributed by atoms with Crippen molar-refractivity contribution in [2.45, 2.75) is 64.1 Å². The fourth-order valence-corrected chi connectivity index (χ4v) is 2.06. The molecule has 0 saturated heterocycles. The highest BCUT2D eigenvalue weighted by atomic mass is 16.5. The Balaban J connectivity index is 1.92. The van der Waals surface area contributed by atoms with Crippen LogP contribution in [0.25, 0.3) is 0 Å². The molecule has 3 heteroatoms. The van der Waals surface area contributed by atoms with Gasteiger partial charge in [0.05, 0.1) is 18.8 Å². The van der Waals surface area contributed by atoms with Gasteiger partial charge in [-0.1, -0.05) is 13.8 Å². The Morgan fingerprint density at radius 2 is 1.94 bits per heavy atom. The molecule has 2 rings (SSSR count). The Morgan fingerprint density at radius 3 is 2.35 bits per heavy atom. The molecule has 2 unspecified atom stereocenters. The third-order valence-electron chi connectivity index (χ3n) is 4.03. The summed E-state index contributed by atoms with van der Waals surface area (Å²) in [6.45, 7) is 6.95. The van der Waals surface area contributed by atoms with E-state index in [0.29, 0.717) is 24.5 Å². The van der Waals surface area contributed by atoms with E-state index in [9.17, 15) is 5.26 Å². The molecule has 2 atom stereocenters. The van der Waals surface area contributed by atoms with Gasteiger partial charge in [-0.2, -0.15) is 5.26 Å². The predicted octanol–water partition coefficient (Wildman–Crippen LogP) is 2.47. The minimum Gasteiger partial charge on any atom is -0.375 e. The van der Waals surface area contributed by atoms with E-state index in [1.54, 1.807) is 0 Å². The molecule has 0 aliphatic heterocycles. The molecule has 2 aliphatic carbocycles. The van der Waals surface area contributed by atoms with Crippen molar-refractivity contribution in [3.63, 3.8) is 0 Å². The third-order valence-corrected chi connectivity index (χ3v) is 4.03. The van der Waals surface area contributed by atoms with E-state index in [1.165, 1.54) is 25.7 Å². The molecule has 2 aliphatic rings. The Kier molecular flexibility index (Phi) is 3.75. The molecule has 0 radical (unpaired) electrons. The Bertz CT molecular complexity index is 302. The van der Waals surface area contributed by atoms with Gasteiger partial charge in [0.25, 0.3) is 0 Å². The van der Waals surface area contributed by atoms with Crippen LogP contribution in [-0.4, -0.2) is 24.3 Å². The summed E-state index contributed by atoms with van der Waals surface area (Å²) in [4.78, 5) is 0. The SMILES string of the molecule is CC(C)C(C)OCC(C#N)(NC1CC1)C1CC1. The number of hydrogen-bond acceptors (Lipinski definition) is 3. The van der Waals surface area contributed by atoms with Crippen molar-refractivity contribution < 1.29 is 4.74 Å². The lowest BCUT2D eigenvalue weighted by molar-refractivity contribution is 0.00330. The molecule has 0 amide bonds. The number of nitrogens with one attached hydrogen (secondary N) is 1. The summed E-state index contributed by atoms with van der Waals surface area (Å²) in [5.74, 6) is 1.01. The molecule has 17 heavy (non-hydrogen) atoms. The summed E-state index contributed by atoms with van der Waals surface area (Å²) in [5.41, 5.74) is -0.412. The summed E-state index contributed by atoms with van der Waals surface area (Å²) < 4.78 is 5.90. The second-order valence-corrected chi connectivity index (χ2v) is 6.04. The van der Waals surface area contributed by atoms with Gasteiger partial charge in [-0.25, -0.2) is 0 Å². The molecular formula is C14H24N2O. The zero-order chi connectivity index (χ0) is 12.5. The highest BCUT2D eigenvalue weighted by molar-refractivity contribution is 5.17. The standard InChI is InChI=1S/C14H24N2O/c1-10(2)11(3)17-9-14(8-15,12-4-5-12)16-13-6-7-13/h10-13,16H,4-7,9H2,1-3H3. The zero-order valence-corrected chi connectivity index (χ0v) is 11.2. The summed E-state index contributed by atoms with van der Waals surface area (Å²) in [7, 11) is 0. The summed E-state index contributed by atoms with van der Waals surface area (Å²) in [6.07, 6.45) is 5.01. The number of ether oxygens (including phenoxy) is 1. The van der Waals surface area contributed by atoms with E-state index in [1.807, 2.05) is 0 Å². The fourth-order valence-electron chi connectivity index (χ4n) is 2.06. The molecule has 3 nitrogen and oxygen atoms in total. The van der Waals surface area contributed by atoms with Gasteiger partial charge in [0.15, 0.2) is 0 Å². The van der Waals surface area contributed by atoms with Crippen LogP contribution < -0.4 is 5.32 Å². The van der Waals surface area contributed by atoms with E-state index in [4.69, 9.17) is 4.74 Å². The van der Waals surface area contributed by atoms with Crippen molar-refractivity contribution in [1.29, 1.82) is 5.26 Å². The number of rotatable bonds is 7. The average Bonchev–Trinajstić information content (AvgIpc) is 3.15. The quantitative estimate of drug-likeness (QED) is 0.738. The van der Waals surface area contributed by atoms with Gasteiger partial charge in [-0.05, 0) is 44.4 Å². The van der Waals surface area contributed by atoms with Crippen molar-refractivity contribution in [2.24, 2.45) is 11.8 Å². The van der Waals surface area contributed by atoms with E-state index in [0.717, 1.165) is 0 Å². The largest absolute Gasteiger partial charge is 0.375 e. The topological polar surface area (TPSA) is 45.0 Å². The van der Waals surface area contributed by atoms with Crippen LogP contribution >= 0.6 is 0 Å². The maximum atomic E-state index is 9.52. The van der Waals surface area contributed by atoms with Gasteiger partial charge in [-0.15, -0.1) is 0 Å². The number of nitrogens with zero attached hydrogens (tertiary/aromatic N) is 1. The molecule has 2 fully saturated rings. The molecule has 0 heterocycles. The van der Waals surface area contributed by atoms with Gasteiger partial charge in [-0.3, -0.25) is 5.32 Å². The Morgan fingerprint density at radius 1 is 1.29 bits per heavy atom. The molecule has 0 aromatic heterocycles. The smallest absolute Gasteiger partial charge is 0.133 e. The zero-order valence-electron chi connectivity index (χ0n) is 11.2. The fraction of sp³-hybridized carbons (Fsp3) is 0.929. The first-order valence-electron chi connectivity index (χ1n) is 6.88. The monoisotopic (exact) mass is 236 g/mol. The minimum atomic E-state index is -0.412. The van der Waals surface area contributed by atoms with E-state index < -0.39 is 5.54 Å². The van der Waals surface area contributed by atoms with Crippen LogP contribution in [0.5, 0.6) is 0 Å². The van der Waals surface area contributed by atoms with Crippen molar-refractivity contribution in [3.8, 4) is 6.07 Å². The average molecular weight is 236 g/mol. The van der Waals surface area contributed by atoms with Crippen LogP contribution in [0, 0.1) is 23.2 Å². The van der Waals surface area contributed by atoms with Gasteiger partial charge in [0.1, 0.15) is 5.54 Å². The lowest BCUT2D eigenvalue weighted by Gasteiger charge is -2.30. The summed E-state index contributed by atoms with van der Waals surface area (Å²) in [5, 5.41) is 13.0. The molecule has 0 bridgehead atoms. The Hall–Kier alpha value is -0.590. The van der Waals surface area contributed by atoms with Crippen molar-refractivity contribution in [2.75, 3.05) is 6.61 Å². The van der Waals surface area contributed by atoms with Crippen LogP contribution in [0.3, 0.4) is 0 Å². The first kappa shape index (κ1) is 12.9. The Labute approximate surface area is 105 Å². The number of hydrogen-bond donors (Lipinski definition) is 1. The van der Waals surface area contributed by atoms with Gasteiger partial charge < -0.3 is 4.74 Å². The normalized spacial score (nSPS) is 25.4. The van der Waals surface area contributed by atoms with Gasteiger partial charge in [0.2, 0.25) is 0 Å². The summed E-state index contributed by atoms with van der Waals surface area (Å²) in [6, 6.07) is 3.07. The van der Waals surface area contributed by atoms with Crippen molar-refractivity contribution in [3.05, 3.63) is 0 Å².